The zero-order valence-corrected chi connectivity index (χ0v) is 37.4. The molecule has 9 atom stereocenters. The van der Waals surface area contributed by atoms with Gasteiger partial charge in [0.25, 0.3) is 5.91 Å². The molecule has 0 radical (unpaired) electrons. The third-order valence-electron chi connectivity index (χ3n) is 10.6. The fraction of sp³-hybridized carbons (Fsp3) is 0.523. The molecular weight excluding hydrogens is 819 g/mol. The minimum absolute atomic E-state index is 0.0845. The van der Waals surface area contributed by atoms with E-state index < -0.39 is 126 Å². The van der Waals surface area contributed by atoms with Crippen LogP contribution < -0.4 is 31.9 Å². The Morgan fingerprint density at radius 2 is 1.40 bits per heavy atom. The molecule has 2 rings (SSSR count). The summed E-state index contributed by atoms with van der Waals surface area (Å²) in [5.74, 6) is -10.9. The number of allylic oxidation sites excluding steroid dienone is 2. The second-order valence-corrected chi connectivity index (χ2v) is 16.1. The summed E-state index contributed by atoms with van der Waals surface area (Å²) in [6.45, 7) is 14.6. The van der Waals surface area contributed by atoms with Crippen LogP contribution in [0.1, 0.15) is 73.3 Å². The average molecular weight is 882 g/mol. The first-order valence-electron chi connectivity index (χ1n) is 20.6. The van der Waals surface area contributed by atoms with Gasteiger partial charge in [-0.2, -0.15) is 0 Å². The molecule has 1 heterocycles. The number of likely N-dealkylation sites (N-methyl/N-ethyl adjacent to an activating group) is 1. The van der Waals surface area contributed by atoms with Gasteiger partial charge in [0.1, 0.15) is 35.9 Å². The van der Waals surface area contributed by atoms with Gasteiger partial charge < -0.3 is 51.8 Å². The highest BCUT2D eigenvalue weighted by atomic mass is 16.5. The number of benzene rings is 1. The monoisotopic (exact) mass is 881 g/mol. The first kappa shape index (κ1) is 52.8. The molecule has 0 saturated carbocycles. The number of methoxy groups -OCH3 is 1. The van der Waals surface area contributed by atoms with Gasteiger partial charge in [-0.15, -0.1) is 0 Å². The highest BCUT2D eigenvalue weighted by molar-refractivity contribution is 6.00. The van der Waals surface area contributed by atoms with Crippen LogP contribution in [0.2, 0.25) is 0 Å². The number of ether oxygens (including phenoxy) is 1. The lowest BCUT2D eigenvalue weighted by Crippen LogP contribution is -2.57. The molecule has 0 aliphatic carbocycles. The molecule has 1 fully saturated rings. The molecule has 1 aliphatic rings. The fourth-order valence-electron chi connectivity index (χ4n) is 6.43. The third-order valence-corrected chi connectivity index (χ3v) is 10.6. The lowest BCUT2D eigenvalue weighted by Gasteiger charge is -2.26. The summed E-state index contributed by atoms with van der Waals surface area (Å²) in [6.07, 6.45) is 3.93. The van der Waals surface area contributed by atoms with Crippen LogP contribution in [-0.2, 0) is 54.3 Å². The molecule has 7 amide bonds. The van der Waals surface area contributed by atoms with Gasteiger partial charge in [0.15, 0.2) is 0 Å². The second-order valence-electron chi connectivity index (χ2n) is 16.1. The Balaban J connectivity index is 2.52. The predicted octanol–water partition coefficient (Wildman–Crippen LogP) is 0.949. The standard InChI is InChI=1S/C44H63N7O12/c1-23(2)37-42(58)49-33(44(61)62)22-35(52)45-27(6)39(55)47-31(17-16-24(3)20-25(4)34(63-10)21-30-14-12-11-13-15-30)26(5)38(54)48-32(43(59)60)18-19-36(53)51(9)29(8)41(57)46-28(7)40(56)50-37/h11-17,20,23,25-28,31-34,37H,8,18-19,21-22H2,1-7,9-10H3,(H,45,52)(H,46,57)(H,47,55)(H,48,54)(H,49,58)(H,50,56)(H,59,60)(H,61,62)/b17-16+,24-20+/t25-,26-,27-,28+,31-,32+,33+,34-,37-/m0/s1. The molecule has 0 bridgehead atoms. The maximum absolute atomic E-state index is 13.7. The minimum Gasteiger partial charge on any atom is -0.480 e. The van der Waals surface area contributed by atoms with Gasteiger partial charge in [0.05, 0.1) is 24.5 Å². The second kappa shape index (κ2) is 24.9. The van der Waals surface area contributed by atoms with Crippen molar-refractivity contribution in [1.82, 2.24) is 36.8 Å². The number of nitrogens with zero attached hydrogens (tertiary/aromatic N) is 1. The number of carbonyl (C=O) groups excluding carboxylic acids is 7. The van der Waals surface area contributed by atoms with Crippen LogP contribution in [0.5, 0.6) is 0 Å². The molecule has 0 spiro atoms. The summed E-state index contributed by atoms with van der Waals surface area (Å²) >= 11 is 0. The Labute approximate surface area is 367 Å². The molecule has 19 nitrogen and oxygen atoms in total. The molecule has 1 saturated heterocycles. The summed E-state index contributed by atoms with van der Waals surface area (Å²) < 4.78 is 5.77. The summed E-state index contributed by atoms with van der Waals surface area (Å²) in [5, 5.41) is 34.5. The van der Waals surface area contributed by atoms with Crippen LogP contribution >= 0.6 is 0 Å². The van der Waals surface area contributed by atoms with Crippen LogP contribution in [0, 0.1) is 17.8 Å². The molecule has 0 unspecified atom stereocenters. The summed E-state index contributed by atoms with van der Waals surface area (Å²) in [4.78, 5) is 118. The van der Waals surface area contributed by atoms with E-state index in [1.807, 2.05) is 50.3 Å². The number of carboxylic acid groups (broad SMARTS) is 2. The number of hydrogen-bond donors (Lipinski definition) is 8. The Bertz CT molecular complexity index is 1920. The number of hydrogen-bond acceptors (Lipinski definition) is 10. The Kier molecular flexibility index (Phi) is 20.9. The van der Waals surface area contributed by atoms with Crippen molar-refractivity contribution in [2.75, 3.05) is 14.2 Å². The molecule has 346 valence electrons. The minimum atomic E-state index is -1.79. The number of carbonyl (C=O) groups is 9. The first-order valence-corrected chi connectivity index (χ1v) is 20.6. The highest BCUT2D eigenvalue weighted by Crippen LogP contribution is 2.18. The van der Waals surface area contributed by atoms with Crippen molar-refractivity contribution in [2.45, 2.75) is 117 Å². The van der Waals surface area contributed by atoms with Gasteiger partial charge >= 0.3 is 11.9 Å². The van der Waals surface area contributed by atoms with Gasteiger partial charge in [-0.25, -0.2) is 9.59 Å². The van der Waals surface area contributed by atoms with Gasteiger partial charge in [0, 0.05) is 26.5 Å². The van der Waals surface area contributed by atoms with Crippen molar-refractivity contribution in [3.8, 4) is 0 Å². The van der Waals surface area contributed by atoms with Crippen molar-refractivity contribution >= 4 is 53.3 Å². The van der Waals surface area contributed by atoms with E-state index in [4.69, 9.17) is 4.74 Å². The molecule has 19 heteroatoms. The Hall–Kier alpha value is -6.37. The van der Waals surface area contributed by atoms with Crippen molar-refractivity contribution in [1.29, 1.82) is 0 Å². The molecule has 1 aliphatic heterocycles. The first-order chi connectivity index (χ1) is 29.5. The summed E-state index contributed by atoms with van der Waals surface area (Å²) in [6, 6.07) is 1.39. The van der Waals surface area contributed by atoms with E-state index in [0.717, 1.165) is 16.0 Å². The van der Waals surface area contributed by atoms with E-state index in [9.17, 15) is 53.4 Å². The van der Waals surface area contributed by atoms with Gasteiger partial charge in [-0.3, -0.25) is 33.6 Å². The van der Waals surface area contributed by atoms with Gasteiger partial charge in [-0.1, -0.05) is 88.4 Å². The van der Waals surface area contributed by atoms with Crippen molar-refractivity contribution in [3.05, 3.63) is 72.0 Å². The quantitative estimate of drug-likeness (QED) is 0.121. The SMILES string of the molecule is C=C1C(=O)N[C@H](C)C(=O)N[C@@H](C(C)C)C(=O)N[C@@H](C(=O)O)CC(=O)N[C@@H](C)C(=O)N[C@@H](/C=C/C(C)=C/[C@H](C)[C@H](Cc2ccccc2)OC)[C@H](C)C(=O)N[C@@H](C(=O)O)CCC(=O)N1C. The number of aliphatic carboxylic acids is 2. The van der Waals surface area contributed by atoms with Gasteiger partial charge in [0.2, 0.25) is 35.4 Å². The van der Waals surface area contributed by atoms with Crippen molar-refractivity contribution < 1.29 is 58.1 Å². The van der Waals surface area contributed by atoms with Crippen LogP contribution in [0.4, 0.5) is 0 Å². The number of carboxylic acids is 2. The molecular formula is C44H63N7O12. The van der Waals surface area contributed by atoms with Gasteiger partial charge in [-0.05, 0) is 45.1 Å². The van der Waals surface area contributed by atoms with Crippen LogP contribution in [0.25, 0.3) is 0 Å². The van der Waals surface area contributed by atoms with Crippen molar-refractivity contribution in [2.24, 2.45) is 17.8 Å². The largest absolute Gasteiger partial charge is 0.480 e. The van der Waals surface area contributed by atoms with Crippen LogP contribution in [0.15, 0.2) is 66.4 Å². The van der Waals surface area contributed by atoms with E-state index in [1.54, 1.807) is 27.0 Å². The topological polar surface area (TPSA) is 279 Å². The maximum Gasteiger partial charge on any atom is 0.326 e. The fourth-order valence-corrected chi connectivity index (χ4v) is 6.43. The molecule has 8 N–H and O–H groups in total. The number of nitrogens with one attached hydrogen (secondary N) is 6. The lowest BCUT2D eigenvalue weighted by molar-refractivity contribution is -0.144. The average Bonchev–Trinajstić information content (AvgIpc) is 3.22. The summed E-state index contributed by atoms with van der Waals surface area (Å²) in [7, 11) is 2.83. The van der Waals surface area contributed by atoms with E-state index >= 15 is 0 Å². The van der Waals surface area contributed by atoms with E-state index in [1.165, 1.54) is 33.9 Å². The molecule has 0 aromatic heterocycles. The Morgan fingerprint density at radius 1 is 0.825 bits per heavy atom. The molecule has 63 heavy (non-hydrogen) atoms. The molecule has 1 aromatic rings. The normalized spacial score (nSPS) is 26.0. The number of rotatable bonds is 10. The smallest absolute Gasteiger partial charge is 0.326 e. The Morgan fingerprint density at radius 3 is 1.97 bits per heavy atom. The van der Waals surface area contributed by atoms with Crippen LogP contribution in [0.3, 0.4) is 0 Å². The highest BCUT2D eigenvalue weighted by Gasteiger charge is 2.34. The zero-order chi connectivity index (χ0) is 47.7. The van der Waals surface area contributed by atoms with Crippen LogP contribution in [-0.4, -0.2) is 125 Å². The molecule has 1 aromatic carbocycles. The number of amides is 7. The summed E-state index contributed by atoms with van der Waals surface area (Å²) in [5.41, 5.74) is 1.42. The zero-order valence-electron chi connectivity index (χ0n) is 37.4. The predicted molar refractivity (Wildman–Crippen MR) is 231 cm³/mol. The lowest BCUT2D eigenvalue weighted by atomic mass is 9.94. The third kappa shape index (κ3) is 16.8. The van der Waals surface area contributed by atoms with Crippen molar-refractivity contribution in [3.63, 3.8) is 0 Å². The van der Waals surface area contributed by atoms with E-state index in [-0.39, 0.29) is 12.0 Å². The maximum atomic E-state index is 13.7. The van der Waals surface area contributed by atoms with E-state index in [0.29, 0.717) is 6.42 Å². The van der Waals surface area contributed by atoms with E-state index in [2.05, 4.69) is 38.5 Å².